The lowest BCUT2D eigenvalue weighted by Crippen LogP contribution is -2.62. The molecule has 3 aromatic carbocycles. The monoisotopic (exact) mass is 514 g/mol. The fourth-order valence-corrected chi connectivity index (χ4v) is 6.23. The van der Waals surface area contributed by atoms with E-state index in [-0.39, 0.29) is 17.9 Å². The highest BCUT2D eigenvalue weighted by Gasteiger charge is 2.54. The zero-order valence-corrected chi connectivity index (χ0v) is 20.9. The highest BCUT2D eigenvalue weighted by atomic mass is 35.5. The summed E-state index contributed by atoms with van der Waals surface area (Å²) in [6.07, 6.45) is 1.48. The van der Waals surface area contributed by atoms with Crippen molar-refractivity contribution >= 4 is 29.1 Å². The van der Waals surface area contributed by atoms with Gasteiger partial charge >= 0.3 is 0 Å². The molecule has 2 saturated heterocycles. The molecule has 0 bridgehead atoms. The number of carbonyl (C=O) groups is 1. The molecule has 5 rings (SSSR count). The molecule has 7 heteroatoms. The molecule has 1 atom stereocenters. The molecular formula is C28H26Cl2F2N2O. The Balaban J connectivity index is 1.51. The highest BCUT2D eigenvalue weighted by Crippen LogP contribution is 2.50. The van der Waals surface area contributed by atoms with Crippen LogP contribution in [0.2, 0.25) is 10.0 Å². The van der Waals surface area contributed by atoms with Crippen molar-refractivity contribution in [3.8, 4) is 0 Å². The first-order chi connectivity index (χ1) is 16.8. The van der Waals surface area contributed by atoms with Gasteiger partial charge in [-0.2, -0.15) is 0 Å². The van der Waals surface area contributed by atoms with E-state index in [1.54, 1.807) is 0 Å². The van der Waals surface area contributed by atoms with E-state index in [9.17, 15) is 13.6 Å². The first-order valence-corrected chi connectivity index (χ1v) is 12.5. The van der Waals surface area contributed by atoms with E-state index in [4.69, 9.17) is 23.2 Å². The van der Waals surface area contributed by atoms with Crippen molar-refractivity contribution in [1.82, 2.24) is 9.80 Å². The van der Waals surface area contributed by atoms with Crippen LogP contribution in [-0.4, -0.2) is 35.3 Å². The maximum absolute atomic E-state index is 14.3. The van der Waals surface area contributed by atoms with Crippen molar-refractivity contribution < 1.29 is 13.6 Å². The van der Waals surface area contributed by atoms with Gasteiger partial charge in [0.1, 0.15) is 11.6 Å². The van der Waals surface area contributed by atoms with E-state index in [0.29, 0.717) is 41.7 Å². The molecule has 2 aliphatic rings. The van der Waals surface area contributed by atoms with Gasteiger partial charge in [0.05, 0.1) is 11.6 Å². The van der Waals surface area contributed by atoms with Crippen LogP contribution >= 0.6 is 23.2 Å². The number of likely N-dealkylation sites (tertiary alicyclic amines) is 2. The van der Waals surface area contributed by atoms with Gasteiger partial charge in [-0.05, 0) is 65.9 Å². The number of benzene rings is 3. The summed E-state index contributed by atoms with van der Waals surface area (Å²) >= 11 is 12.3. The number of halogens is 4. The van der Waals surface area contributed by atoms with E-state index in [1.807, 2.05) is 53.4 Å². The van der Waals surface area contributed by atoms with Gasteiger partial charge in [-0.25, -0.2) is 8.78 Å². The van der Waals surface area contributed by atoms with E-state index in [1.165, 1.54) is 19.1 Å². The highest BCUT2D eigenvalue weighted by molar-refractivity contribution is 6.30. The Bertz CT molecular complexity index is 1160. The second kappa shape index (κ2) is 9.53. The lowest BCUT2D eigenvalue weighted by Gasteiger charge is -2.55. The van der Waals surface area contributed by atoms with Gasteiger partial charge in [-0.15, -0.1) is 0 Å². The lowest BCUT2D eigenvalue weighted by atomic mass is 9.71. The average Bonchev–Trinajstić information content (AvgIpc) is 3.23. The molecule has 0 radical (unpaired) electrons. The third-order valence-electron chi connectivity index (χ3n) is 7.49. The number of rotatable bonds is 5. The van der Waals surface area contributed by atoms with Crippen molar-refractivity contribution in [2.24, 2.45) is 5.92 Å². The number of carbonyl (C=O) groups excluding carboxylic acids is 1. The molecule has 2 fully saturated rings. The summed E-state index contributed by atoms with van der Waals surface area (Å²) in [5.74, 6) is -1.27. The Hall–Kier alpha value is -2.47. The zero-order chi connectivity index (χ0) is 24.7. The summed E-state index contributed by atoms with van der Waals surface area (Å²) in [6.45, 7) is 3.48. The van der Waals surface area contributed by atoms with Gasteiger partial charge < -0.3 is 4.90 Å². The molecule has 2 heterocycles. The summed E-state index contributed by atoms with van der Waals surface area (Å²) in [6, 6.07) is 19.2. The van der Waals surface area contributed by atoms with Gasteiger partial charge in [0.2, 0.25) is 5.91 Å². The summed E-state index contributed by atoms with van der Waals surface area (Å²) in [4.78, 5) is 16.8. The molecule has 182 valence electrons. The van der Waals surface area contributed by atoms with Crippen LogP contribution in [0.5, 0.6) is 0 Å². The van der Waals surface area contributed by atoms with Gasteiger partial charge in [-0.1, -0.05) is 47.5 Å². The fraction of sp³-hybridized carbons (Fsp3) is 0.321. The van der Waals surface area contributed by atoms with Crippen molar-refractivity contribution in [1.29, 1.82) is 0 Å². The molecule has 3 aromatic rings. The number of nitrogens with zero attached hydrogens (tertiary/aromatic N) is 2. The van der Waals surface area contributed by atoms with Crippen molar-refractivity contribution in [3.05, 3.63) is 105 Å². The fourth-order valence-electron chi connectivity index (χ4n) is 5.97. The number of hydrogen-bond acceptors (Lipinski definition) is 2. The minimum Gasteiger partial charge on any atom is -0.333 e. The lowest BCUT2D eigenvalue weighted by molar-refractivity contribution is -0.139. The molecule has 1 amide bonds. The molecule has 35 heavy (non-hydrogen) atoms. The van der Waals surface area contributed by atoms with Gasteiger partial charge in [-0.3, -0.25) is 9.69 Å². The van der Waals surface area contributed by atoms with Crippen molar-refractivity contribution in [3.63, 3.8) is 0 Å². The van der Waals surface area contributed by atoms with Crippen LogP contribution in [0.3, 0.4) is 0 Å². The second-order valence-corrected chi connectivity index (χ2v) is 10.4. The predicted octanol–water partition coefficient (Wildman–Crippen LogP) is 6.83. The Morgan fingerprint density at radius 1 is 0.914 bits per heavy atom. The van der Waals surface area contributed by atoms with Crippen LogP contribution in [0.4, 0.5) is 8.78 Å². The minimum atomic E-state index is -0.726. The van der Waals surface area contributed by atoms with Crippen LogP contribution in [-0.2, 0) is 10.3 Å². The first kappa shape index (κ1) is 24.2. The van der Waals surface area contributed by atoms with E-state index in [0.717, 1.165) is 23.6 Å². The van der Waals surface area contributed by atoms with Crippen molar-refractivity contribution in [2.75, 3.05) is 19.6 Å². The molecule has 0 aromatic heterocycles. The molecular weight excluding hydrogens is 489 g/mol. The topological polar surface area (TPSA) is 23.6 Å². The smallest absolute Gasteiger partial charge is 0.220 e. The van der Waals surface area contributed by atoms with Crippen LogP contribution < -0.4 is 0 Å². The summed E-state index contributed by atoms with van der Waals surface area (Å²) < 4.78 is 28.6. The molecule has 0 N–H and O–H groups in total. The summed E-state index contributed by atoms with van der Waals surface area (Å²) in [5.41, 5.74) is 2.00. The standard InChI is InChI=1S/C28H26Cl2F2N2O/c1-18(35)34-12-2-11-28(34,21-13-25(31)15-26(32)14-21)22-16-33(17-22)27(19-3-7-23(29)8-4-19)20-5-9-24(30)10-6-20/h3-10,13-15,22,27H,2,11-12,16-17H2,1H3. The van der Waals surface area contributed by atoms with Crippen LogP contribution in [0, 0.1) is 17.6 Å². The predicted molar refractivity (Wildman–Crippen MR) is 134 cm³/mol. The Kier molecular flexibility index (Phi) is 6.60. The molecule has 1 unspecified atom stereocenters. The molecule has 0 spiro atoms. The Morgan fingerprint density at radius 3 is 1.91 bits per heavy atom. The Labute approximate surface area is 214 Å². The molecule has 0 aliphatic carbocycles. The molecule has 0 saturated carbocycles. The maximum Gasteiger partial charge on any atom is 0.220 e. The molecule has 3 nitrogen and oxygen atoms in total. The minimum absolute atomic E-state index is 0.0331. The number of amides is 1. The van der Waals surface area contributed by atoms with Crippen LogP contribution in [0.25, 0.3) is 0 Å². The zero-order valence-electron chi connectivity index (χ0n) is 19.4. The van der Waals surface area contributed by atoms with E-state index >= 15 is 0 Å². The van der Waals surface area contributed by atoms with Crippen LogP contribution in [0.1, 0.15) is 42.5 Å². The SMILES string of the molecule is CC(=O)N1CCCC1(c1cc(F)cc(F)c1)C1CN(C(c2ccc(Cl)cc2)c2ccc(Cl)cc2)C1. The van der Waals surface area contributed by atoms with Crippen molar-refractivity contribution in [2.45, 2.75) is 31.3 Å². The second-order valence-electron chi connectivity index (χ2n) is 9.51. The average molecular weight is 515 g/mol. The quantitative estimate of drug-likeness (QED) is 0.372. The summed E-state index contributed by atoms with van der Waals surface area (Å²) in [7, 11) is 0. The van der Waals surface area contributed by atoms with E-state index < -0.39 is 17.2 Å². The van der Waals surface area contributed by atoms with Gasteiger partial charge in [0.25, 0.3) is 0 Å². The van der Waals surface area contributed by atoms with Gasteiger partial charge in [0, 0.05) is 48.6 Å². The first-order valence-electron chi connectivity index (χ1n) is 11.8. The molecule has 2 aliphatic heterocycles. The van der Waals surface area contributed by atoms with E-state index in [2.05, 4.69) is 4.90 Å². The third-order valence-corrected chi connectivity index (χ3v) is 7.99. The third kappa shape index (κ3) is 4.46. The van der Waals surface area contributed by atoms with Gasteiger partial charge in [0.15, 0.2) is 0 Å². The Morgan fingerprint density at radius 2 is 1.43 bits per heavy atom. The normalized spacial score (nSPS) is 20.9. The number of hydrogen-bond donors (Lipinski definition) is 0. The maximum atomic E-state index is 14.3. The summed E-state index contributed by atoms with van der Waals surface area (Å²) in [5, 5.41) is 1.33. The van der Waals surface area contributed by atoms with Crippen LogP contribution in [0.15, 0.2) is 66.7 Å². The largest absolute Gasteiger partial charge is 0.333 e.